The molecule has 0 saturated heterocycles. The lowest BCUT2D eigenvalue weighted by atomic mass is 9.73. The van der Waals surface area contributed by atoms with Crippen molar-refractivity contribution in [3.8, 4) is 11.1 Å². The molecule has 0 aliphatic heterocycles. The minimum absolute atomic E-state index is 0.256. The van der Waals surface area contributed by atoms with Crippen LogP contribution in [0.4, 0.5) is 0 Å². The van der Waals surface area contributed by atoms with Crippen LogP contribution in [0.1, 0.15) is 57.1 Å². The molecule has 0 N–H and O–H groups in total. The molecule has 1 spiro atoms. The Bertz CT molecular complexity index is 1040. The molecule has 3 aliphatic rings. The van der Waals surface area contributed by atoms with Gasteiger partial charge < -0.3 is 0 Å². The summed E-state index contributed by atoms with van der Waals surface area (Å²) < 4.78 is 0. The maximum atomic E-state index is 2.55. The first kappa shape index (κ1) is 16.8. The van der Waals surface area contributed by atoms with Crippen LogP contribution in [0.25, 0.3) is 21.9 Å². The van der Waals surface area contributed by atoms with Crippen LogP contribution in [-0.2, 0) is 5.41 Å². The second kappa shape index (κ2) is 5.96. The second-order valence-corrected chi connectivity index (χ2v) is 9.68. The Morgan fingerprint density at radius 1 is 0.714 bits per heavy atom. The van der Waals surface area contributed by atoms with Gasteiger partial charge in [0, 0.05) is 5.41 Å². The molecule has 0 radical (unpaired) electrons. The highest BCUT2D eigenvalue weighted by atomic mass is 14.6. The third-order valence-electron chi connectivity index (χ3n) is 8.72. The fourth-order valence-electron chi connectivity index (χ4n) is 7.48. The van der Waals surface area contributed by atoms with Crippen LogP contribution in [0.2, 0.25) is 0 Å². The van der Waals surface area contributed by atoms with Gasteiger partial charge in [-0.25, -0.2) is 0 Å². The first-order chi connectivity index (χ1) is 13.7. The molecule has 6 rings (SSSR count). The molecule has 4 atom stereocenters. The summed E-state index contributed by atoms with van der Waals surface area (Å²) in [5, 5.41) is 2.79. The normalized spacial score (nSPS) is 32.6. The molecule has 0 bridgehead atoms. The van der Waals surface area contributed by atoms with Crippen molar-refractivity contribution in [1.29, 1.82) is 0 Å². The zero-order valence-corrected chi connectivity index (χ0v) is 17.1. The Hall–Kier alpha value is -2.08. The Morgan fingerprint density at radius 2 is 1.32 bits per heavy atom. The van der Waals surface area contributed by atoms with Crippen molar-refractivity contribution < 1.29 is 0 Å². The Labute approximate surface area is 169 Å². The van der Waals surface area contributed by atoms with E-state index in [0.717, 1.165) is 23.7 Å². The number of fused-ring (bicyclic) bond motifs is 7. The van der Waals surface area contributed by atoms with Gasteiger partial charge in [0.15, 0.2) is 0 Å². The molecule has 142 valence electrons. The first-order valence-electron chi connectivity index (χ1n) is 11.4. The third kappa shape index (κ3) is 2.07. The van der Waals surface area contributed by atoms with E-state index in [9.17, 15) is 0 Å². The molecule has 28 heavy (non-hydrogen) atoms. The van der Waals surface area contributed by atoms with Gasteiger partial charge in [-0.2, -0.15) is 0 Å². The van der Waals surface area contributed by atoms with Crippen LogP contribution in [-0.4, -0.2) is 0 Å². The minimum atomic E-state index is 0.256. The first-order valence-corrected chi connectivity index (χ1v) is 11.4. The lowest BCUT2D eigenvalue weighted by Crippen LogP contribution is -2.24. The van der Waals surface area contributed by atoms with Crippen molar-refractivity contribution >= 4 is 10.8 Å². The molecule has 3 aromatic carbocycles. The van der Waals surface area contributed by atoms with Crippen molar-refractivity contribution in [2.24, 2.45) is 23.7 Å². The Balaban J connectivity index is 1.58. The van der Waals surface area contributed by atoms with Gasteiger partial charge in [0.2, 0.25) is 0 Å². The number of rotatable bonds is 2. The Kier molecular flexibility index (Phi) is 3.58. The average molecular weight is 367 g/mol. The van der Waals surface area contributed by atoms with Gasteiger partial charge in [-0.15, -0.1) is 0 Å². The molecule has 2 fully saturated rings. The maximum absolute atomic E-state index is 2.55. The van der Waals surface area contributed by atoms with Gasteiger partial charge >= 0.3 is 0 Å². The van der Waals surface area contributed by atoms with Crippen molar-refractivity contribution in [1.82, 2.24) is 0 Å². The topological polar surface area (TPSA) is 0 Å². The summed E-state index contributed by atoms with van der Waals surface area (Å²) in [6.07, 6.45) is 6.94. The lowest BCUT2D eigenvalue weighted by molar-refractivity contribution is 0.323. The molecule has 2 saturated carbocycles. The molecule has 4 unspecified atom stereocenters. The van der Waals surface area contributed by atoms with Crippen LogP contribution in [0, 0.1) is 23.7 Å². The van der Waals surface area contributed by atoms with E-state index < -0.39 is 0 Å². The van der Waals surface area contributed by atoms with Crippen molar-refractivity contribution in [3.05, 3.63) is 71.8 Å². The van der Waals surface area contributed by atoms with Gasteiger partial charge in [0.05, 0.1) is 0 Å². The largest absolute Gasteiger partial charge is 0.0651 e. The summed E-state index contributed by atoms with van der Waals surface area (Å²) in [7, 11) is 0. The standard InChI is InChI=1S/C28H30/c1-3-18-13-19(4-2)25-17-28(16-24(18)25)26-12-8-7-11-22(26)23-14-20-9-5-6-10-21(20)15-27(23)28/h5-12,14-15,18-19,24-25H,3-4,13,16-17H2,1-2H3. The van der Waals surface area contributed by atoms with Crippen LogP contribution in [0.5, 0.6) is 0 Å². The maximum Gasteiger partial charge on any atom is 0.0221 e. The van der Waals surface area contributed by atoms with E-state index in [4.69, 9.17) is 0 Å². The van der Waals surface area contributed by atoms with Crippen molar-refractivity contribution in [2.75, 3.05) is 0 Å². The summed E-state index contributed by atoms with van der Waals surface area (Å²) in [5.74, 6) is 3.71. The molecular weight excluding hydrogens is 336 g/mol. The molecule has 3 aliphatic carbocycles. The molecule has 0 aromatic heterocycles. The van der Waals surface area contributed by atoms with E-state index in [2.05, 4.69) is 74.5 Å². The smallest absolute Gasteiger partial charge is 0.0221 e. The van der Waals surface area contributed by atoms with Gasteiger partial charge in [-0.1, -0.05) is 75.2 Å². The molecular formula is C28H30. The van der Waals surface area contributed by atoms with Crippen molar-refractivity contribution in [2.45, 2.75) is 51.4 Å². The zero-order chi connectivity index (χ0) is 18.9. The minimum Gasteiger partial charge on any atom is -0.0651 e. The van der Waals surface area contributed by atoms with E-state index >= 15 is 0 Å². The van der Waals surface area contributed by atoms with Crippen molar-refractivity contribution in [3.63, 3.8) is 0 Å². The molecule has 0 nitrogen and oxygen atoms in total. The van der Waals surface area contributed by atoms with Crippen LogP contribution in [0.3, 0.4) is 0 Å². The van der Waals surface area contributed by atoms with Gasteiger partial charge in [0.25, 0.3) is 0 Å². The summed E-state index contributed by atoms with van der Waals surface area (Å²) in [6.45, 7) is 4.85. The second-order valence-electron chi connectivity index (χ2n) is 9.68. The van der Waals surface area contributed by atoms with Gasteiger partial charge in [-0.05, 0) is 88.1 Å². The average Bonchev–Trinajstić information content (AvgIpc) is 3.36. The Morgan fingerprint density at radius 3 is 2.00 bits per heavy atom. The fourth-order valence-corrected chi connectivity index (χ4v) is 7.48. The summed E-state index contributed by atoms with van der Waals surface area (Å²) in [6, 6.07) is 23.3. The molecule has 3 aromatic rings. The zero-order valence-electron chi connectivity index (χ0n) is 17.1. The van der Waals surface area contributed by atoms with E-state index in [0.29, 0.717) is 0 Å². The quantitative estimate of drug-likeness (QED) is 0.438. The summed E-state index contributed by atoms with van der Waals surface area (Å²) >= 11 is 0. The predicted octanol–water partition coefficient (Wildman–Crippen LogP) is 7.59. The summed E-state index contributed by atoms with van der Waals surface area (Å²) in [4.78, 5) is 0. The highest BCUT2D eigenvalue weighted by molar-refractivity contribution is 5.93. The highest BCUT2D eigenvalue weighted by Crippen LogP contribution is 2.66. The number of hydrogen-bond donors (Lipinski definition) is 0. The van der Waals surface area contributed by atoms with E-state index in [-0.39, 0.29) is 5.41 Å². The van der Waals surface area contributed by atoms with Crippen LogP contribution in [0.15, 0.2) is 60.7 Å². The van der Waals surface area contributed by atoms with Gasteiger partial charge in [0.1, 0.15) is 0 Å². The predicted molar refractivity (Wildman–Crippen MR) is 119 cm³/mol. The van der Waals surface area contributed by atoms with Crippen LogP contribution >= 0.6 is 0 Å². The molecule has 0 amide bonds. The highest BCUT2D eigenvalue weighted by Gasteiger charge is 2.57. The number of benzene rings is 3. The third-order valence-corrected chi connectivity index (χ3v) is 8.72. The van der Waals surface area contributed by atoms with E-state index in [1.54, 1.807) is 11.1 Å². The molecule has 0 heteroatoms. The lowest BCUT2D eigenvalue weighted by Gasteiger charge is -2.30. The SMILES string of the molecule is CCC1CC(CC)C2CC3(CC12)c1ccccc1-c1cc2ccccc2cc13. The van der Waals surface area contributed by atoms with Crippen LogP contribution < -0.4 is 0 Å². The summed E-state index contributed by atoms with van der Waals surface area (Å²) in [5.41, 5.74) is 6.53. The fraction of sp³-hybridized carbons (Fsp3) is 0.429. The van der Waals surface area contributed by atoms with E-state index in [1.807, 2.05) is 0 Å². The monoisotopic (exact) mass is 366 g/mol. The molecule has 0 heterocycles. The van der Waals surface area contributed by atoms with Gasteiger partial charge in [-0.3, -0.25) is 0 Å². The number of hydrogen-bond acceptors (Lipinski definition) is 0. The van der Waals surface area contributed by atoms with E-state index in [1.165, 1.54) is 54.0 Å².